The van der Waals surface area contributed by atoms with Crippen LogP contribution in [-0.2, 0) is 27.1 Å². The van der Waals surface area contributed by atoms with E-state index in [0.717, 1.165) is 16.7 Å². The van der Waals surface area contributed by atoms with E-state index in [2.05, 4.69) is 34.1 Å². The van der Waals surface area contributed by atoms with Crippen LogP contribution in [0.15, 0.2) is 30.5 Å². The van der Waals surface area contributed by atoms with Gasteiger partial charge in [0.2, 0.25) is 5.78 Å². The Bertz CT molecular complexity index is 1170. The number of nitrogens with zero attached hydrogens (tertiary/aromatic N) is 4. The van der Waals surface area contributed by atoms with E-state index in [4.69, 9.17) is 15.2 Å². The van der Waals surface area contributed by atoms with Crippen LogP contribution in [-0.4, -0.2) is 97.6 Å². The lowest BCUT2D eigenvalue weighted by atomic mass is 10.1. The summed E-state index contributed by atoms with van der Waals surface area (Å²) in [6.07, 6.45) is 5.79. The van der Waals surface area contributed by atoms with Crippen molar-refractivity contribution in [3.05, 3.63) is 47.3 Å². The topological polar surface area (TPSA) is 105 Å². The summed E-state index contributed by atoms with van der Waals surface area (Å²) in [5.74, 6) is 0.941. The Balaban J connectivity index is 1.69. The van der Waals surface area contributed by atoms with Crippen molar-refractivity contribution in [2.24, 2.45) is 0 Å². The number of fused-ring (bicyclic) bond motifs is 1. The minimum atomic E-state index is -0.243. The van der Waals surface area contributed by atoms with Crippen LogP contribution in [0, 0.1) is 0 Å². The number of nitrogens with two attached hydrogens (primary N) is 1. The molecule has 33 heavy (non-hydrogen) atoms. The number of carbonyl (C=O) groups excluding carboxylic acids is 2. The third-order valence-electron chi connectivity index (χ3n) is 5.61. The van der Waals surface area contributed by atoms with Crippen LogP contribution in [0.2, 0.25) is 0 Å². The maximum atomic E-state index is 13.4. The van der Waals surface area contributed by atoms with Crippen molar-refractivity contribution in [2.45, 2.75) is 6.73 Å². The van der Waals surface area contributed by atoms with Gasteiger partial charge in [0.15, 0.2) is 0 Å². The first-order chi connectivity index (χ1) is 15.9. The number of aromatic nitrogens is 3. The van der Waals surface area contributed by atoms with Crippen molar-refractivity contribution in [3.63, 3.8) is 0 Å². The van der Waals surface area contributed by atoms with Gasteiger partial charge in [0.25, 0.3) is 5.91 Å². The molecule has 1 aromatic carbocycles. The Hall–Kier alpha value is -2.29. The Morgan fingerprint density at radius 3 is 2.67 bits per heavy atom. The average Bonchev–Trinajstić information content (AvgIpc) is 3.35. The van der Waals surface area contributed by atoms with Crippen LogP contribution in [0.1, 0.15) is 26.4 Å². The summed E-state index contributed by atoms with van der Waals surface area (Å²) in [7, 11) is 0.272. The summed E-state index contributed by atoms with van der Waals surface area (Å²) in [6.45, 7) is 3.06. The number of benzene rings is 1. The van der Waals surface area contributed by atoms with Gasteiger partial charge in [-0.25, -0.2) is 5.10 Å². The normalized spacial score (nSPS) is 14.3. The van der Waals surface area contributed by atoms with Crippen molar-refractivity contribution in [3.8, 4) is 0 Å². The number of nitrogen functional groups attached to an aromatic ring is 1. The van der Waals surface area contributed by atoms with E-state index >= 15 is 0 Å². The molecule has 0 saturated carbocycles. The third-order valence-corrected chi connectivity index (χ3v) is 7.01. The molecule has 4 rings (SSSR count). The fourth-order valence-corrected chi connectivity index (χ4v) is 4.40. The average molecular weight is 485 g/mol. The highest BCUT2D eigenvalue weighted by Crippen LogP contribution is 2.26. The summed E-state index contributed by atoms with van der Waals surface area (Å²) in [5, 5.41) is 4.86. The van der Waals surface area contributed by atoms with Crippen LogP contribution in [0.3, 0.4) is 0 Å². The zero-order chi connectivity index (χ0) is 23.5. The summed E-state index contributed by atoms with van der Waals surface area (Å²) in [4.78, 5) is 28.1. The second-order valence-corrected chi connectivity index (χ2v) is 10.9. The smallest absolute Gasteiger partial charge is 0.356 e. The Kier molecular flexibility index (Phi) is 7.46. The largest absolute Gasteiger partial charge is 0.385 e. The van der Waals surface area contributed by atoms with Crippen molar-refractivity contribution >= 4 is 55.8 Å². The summed E-state index contributed by atoms with van der Waals surface area (Å²) >= 11 is 2.36. The van der Waals surface area contributed by atoms with Gasteiger partial charge >= 0.3 is 16.5 Å². The molecule has 11 heteroatoms. The highest BCUT2D eigenvalue weighted by Gasteiger charge is 2.23. The standard InChI is InChI=1S/C22H27N5O4S.Al/c1-32(2)10-9-31-14-27-18-4-3-15(22(29)26-5-7-30-8-6-26)11-16(18)12-19(27)20(28)17-13-24-25-21(17)23;/h3-4,11-13H,5-10,14H2,1-2H3,(H2-,23,24,25,28);/q;+1. The molecule has 0 atom stereocenters. The van der Waals surface area contributed by atoms with Gasteiger partial charge in [-0.05, 0) is 35.2 Å². The molecule has 0 unspecified atom stereocenters. The van der Waals surface area contributed by atoms with E-state index in [9.17, 15) is 9.59 Å². The number of hydrogen-bond acceptors (Lipinski definition) is 6. The summed E-state index contributed by atoms with van der Waals surface area (Å²) < 4.78 is 14.5. The molecule has 1 saturated heterocycles. The molecule has 1 aliphatic rings. The van der Waals surface area contributed by atoms with E-state index in [-0.39, 0.29) is 35.1 Å². The molecule has 172 valence electrons. The number of ether oxygens (including phenoxy) is 2. The predicted octanol–water partition coefficient (Wildman–Crippen LogP) is 0.907. The van der Waals surface area contributed by atoms with Crippen LogP contribution in [0.25, 0.3) is 10.9 Å². The van der Waals surface area contributed by atoms with Gasteiger partial charge in [0.1, 0.15) is 18.3 Å². The van der Waals surface area contributed by atoms with Crippen molar-refractivity contribution in [1.29, 1.82) is 0 Å². The molecular weight excluding hydrogens is 457 g/mol. The predicted molar refractivity (Wildman–Crippen MR) is 130 cm³/mol. The van der Waals surface area contributed by atoms with E-state index in [1.54, 1.807) is 17.0 Å². The highest BCUT2D eigenvalue weighted by molar-refractivity contribution is 7.95. The Morgan fingerprint density at radius 2 is 2.00 bits per heavy atom. The zero-order valence-corrected chi connectivity index (χ0v) is 20.8. The molecule has 3 aromatic rings. The molecular formula is C22H27AlN5O4S+. The lowest BCUT2D eigenvalue weighted by Gasteiger charge is -2.26. The second-order valence-electron chi connectivity index (χ2n) is 8.08. The number of rotatable bonds is 8. The fraction of sp³-hybridized carbons (Fsp3) is 0.409. The van der Waals surface area contributed by atoms with Crippen molar-refractivity contribution in [1.82, 2.24) is 18.2 Å². The molecule has 9 nitrogen and oxygen atoms in total. The minimum absolute atomic E-state index is 0.0384. The van der Waals surface area contributed by atoms with E-state index in [1.807, 2.05) is 16.7 Å². The van der Waals surface area contributed by atoms with Crippen molar-refractivity contribution < 1.29 is 19.1 Å². The van der Waals surface area contributed by atoms with Gasteiger partial charge in [-0.1, -0.05) is 0 Å². The van der Waals surface area contributed by atoms with Gasteiger partial charge < -0.3 is 28.3 Å². The van der Waals surface area contributed by atoms with E-state index in [1.165, 1.54) is 9.86 Å². The first-order valence-corrected chi connectivity index (χ1v) is 13.3. The lowest BCUT2D eigenvalue weighted by molar-refractivity contribution is 0.0303. The Labute approximate surface area is 203 Å². The number of ketones is 1. The number of amides is 1. The van der Waals surface area contributed by atoms with Crippen LogP contribution >= 0.6 is 0 Å². The number of carbonyl (C=O) groups is 2. The number of anilines is 1. The SMILES string of the molecule is C[S+](C)CCOCn1c(C(=O)c2cn[n]([Al])c2N)cc2cc(C(=O)N3CCOCC3)ccc21. The van der Waals surface area contributed by atoms with Crippen LogP contribution < -0.4 is 5.73 Å². The third kappa shape index (κ3) is 5.13. The molecule has 2 radical (unpaired) electrons. The first-order valence-electron chi connectivity index (χ1n) is 10.6. The molecule has 1 aliphatic heterocycles. The monoisotopic (exact) mass is 484 g/mol. The Morgan fingerprint density at radius 1 is 1.24 bits per heavy atom. The molecule has 3 heterocycles. The molecule has 0 spiro atoms. The maximum absolute atomic E-state index is 13.4. The maximum Gasteiger partial charge on any atom is 0.356 e. The molecule has 0 aliphatic carbocycles. The second kappa shape index (κ2) is 10.3. The van der Waals surface area contributed by atoms with Gasteiger partial charge in [-0.3, -0.25) is 9.59 Å². The number of hydrogen-bond donors (Lipinski definition) is 1. The van der Waals surface area contributed by atoms with Crippen molar-refractivity contribution in [2.75, 3.05) is 56.9 Å². The molecule has 1 fully saturated rings. The quantitative estimate of drug-likeness (QED) is 0.221. The van der Waals surface area contributed by atoms with Gasteiger partial charge in [-0.15, -0.1) is 0 Å². The lowest BCUT2D eigenvalue weighted by Crippen LogP contribution is -2.40. The zero-order valence-electron chi connectivity index (χ0n) is 18.8. The van der Waals surface area contributed by atoms with Gasteiger partial charge in [0.05, 0.1) is 55.3 Å². The summed E-state index contributed by atoms with van der Waals surface area (Å²) in [5.41, 5.74) is 8.21. The van der Waals surface area contributed by atoms with Crippen LogP contribution in [0.4, 0.5) is 5.82 Å². The fourth-order valence-electron chi connectivity index (χ4n) is 3.75. The highest BCUT2D eigenvalue weighted by atomic mass is 32.2. The first kappa shape index (κ1) is 23.9. The minimum Gasteiger partial charge on any atom is -0.385 e. The summed E-state index contributed by atoms with van der Waals surface area (Å²) in [6, 6.07) is 7.30. The molecule has 2 N–H and O–H groups in total. The molecule has 1 amide bonds. The molecule has 0 bridgehead atoms. The van der Waals surface area contributed by atoms with Gasteiger partial charge in [0, 0.05) is 24.0 Å². The van der Waals surface area contributed by atoms with E-state index < -0.39 is 0 Å². The van der Waals surface area contributed by atoms with Gasteiger partial charge in [-0.2, -0.15) is 0 Å². The number of morpholine rings is 1. The molecule has 2 aromatic heterocycles. The van der Waals surface area contributed by atoms with E-state index in [0.29, 0.717) is 49.7 Å². The van der Waals surface area contributed by atoms with Crippen LogP contribution in [0.5, 0.6) is 0 Å².